The van der Waals surface area contributed by atoms with Gasteiger partial charge in [-0.25, -0.2) is 4.79 Å². The topological polar surface area (TPSA) is 35.5 Å². The predicted molar refractivity (Wildman–Crippen MR) is 72.5 cm³/mol. The van der Waals surface area contributed by atoms with Gasteiger partial charge in [0.05, 0.1) is 12.7 Å². The van der Waals surface area contributed by atoms with E-state index in [1.165, 1.54) is 19.3 Å². The van der Waals surface area contributed by atoms with Crippen molar-refractivity contribution in [3.05, 3.63) is 24.3 Å². The Labute approximate surface area is 114 Å². The summed E-state index contributed by atoms with van der Waals surface area (Å²) in [5.74, 6) is 2.78. The van der Waals surface area contributed by atoms with Gasteiger partial charge in [0.2, 0.25) is 0 Å². The van der Waals surface area contributed by atoms with Crippen LogP contribution in [0.2, 0.25) is 0 Å². The maximum atomic E-state index is 11.2. The van der Waals surface area contributed by atoms with Gasteiger partial charge in [-0.05, 0) is 49.9 Å². The van der Waals surface area contributed by atoms with E-state index in [1.54, 1.807) is 6.92 Å². The predicted octanol–water partition coefficient (Wildman–Crippen LogP) is 2.72. The average molecular weight is 262 g/mol. The highest BCUT2D eigenvalue weighted by Gasteiger charge is 2.51. The lowest BCUT2D eigenvalue weighted by Gasteiger charge is -2.25. The minimum atomic E-state index is -0.323. The molecule has 0 radical (unpaired) electrons. The highest BCUT2D eigenvalue weighted by Crippen LogP contribution is 2.56. The molecule has 2 bridgehead atoms. The molecule has 0 amide bonds. The molecule has 0 aliphatic heterocycles. The summed E-state index contributed by atoms with van der Waals surface area (Å²) in [6.45, 7) is 6.06. The van der Waals surface area contributed by atoms with Crippen LogP contribution in [-0.2, 0) is 14.3 Å². The molecular weight excluding hydrogens is 240 g/mol. The van der Waals surface area contributed by atoms with Gasteiger partial charge in [0.1, 0.15) is 6.61 Å². The molecule has 0 N–H and O–H groups in total. The minimum absolute atomic E-state index is 0.323. The molecule has 104 valence electrons. The van der Waals surface area contributed by atoms with Crippen LogP contribution in [0.1, 0.15) is 26.2 Å². The molecule has 3 aliphatic rings. The van der Waals surface area contributed by atoms with Crippen LogP contribution in [-0.4, -0.2) is 25.3 Å². The van der Waals surface area contributed by atoms with Crippen LogP contribution in [0.15, 0.2) is 24.3 Å². The van der Waals surface area contributed by atoms with Gasteiger partial charge in [-0.3, -0.25) is 0 Å². The third kappa shape index (κ3) is 2.36. The van der Waals surface area contributed by atoms with Gasteiger partial charge < -0.3 is 9.47 Å². The molecule has 0 saturated heterocycles. The van der Waals surface area contributed by atoms with Crippen LogP contribution in [0.4, 0.5) is 0 Å². The maximum Gasteiger partial charge on any atom is 0.333 e. The molecule has 0 heterocycles. The fourth-order valence-corrected chi connectivity index (χ4v) is 4.12. The fraction of sp³-hybridized carbons (Fsp3) is 0.688. The molecule has 0 aromatic carbocycles. The molecular formula is C16H22O3. The number of carbonyl (C=O) groups is 1. The van der Waals surface area contributed by atoms with Gasteiger partial charge in [-0.1, -0.05) is 18.7 Å². The number of allylic oxidation sites excluding steroid dienone is 2. The quantitative estimate of drug-likeness (QED) is 0.331. The number of fused-ring (bicyclic) bond motifs is 5. The Kier molecular flexibility index (Phi) is 3.48. The van der Waals surface area contributed by atoms with E-state index in [0.29, 0.717) is 30.8 Å². The lowest BCUT2D eigenvalue weighted by Crippen LogP contribution is -2.27. The Morgan fingerprint density at radius 2 is 2.05 bits per heavy atom. The first-order chi connectivity index (χ1) is 9.16. The first kappa shape index (κ1) is 12.9. The number of ether oxygens (including phenoxy) is 2. The van der Waals surface area contributed by atoms with Crippen molar-refractivity contribution >= 4 is 5.97 Å². The highest BCUT2D eigenvalue weighted by atomic mass is 16.6. The van der Waals surface area contributed by atoms with E-state index in [2.05, 4.69) is 18.7 Å². The van der Waals surface area contributed by atoms with Crippen molar-refractivity contribution in [3.63, 3.8) is 0 Å². The number of hydrogen-bond acceptors (Lipinski definition) is 3. The lowest BCUT2D eigenvalue weighted by molar-refractivity contribution is -0.141. The summed E-state index contributed by atoms with van der Waals surface area (Å²) in [6, 6.07) is 0. The Morgan fingerprint density at radius 1 is 1.26 bits per heavy atom. The molecule has 2 saturated carbocycles. The SMILES string of the molecule is C=C(C)C(=O)OCCOC1CCC2C3C=CC(C3)C12. The van der Waals surface area contributed by atoms with E-state index in [0.717, 1.165) is 17.8 Å². The minimum Gasteiger partial charge on any atom is -0.460 e. The second-order valence-electron chi connectivity index (χ2n) is 6.09. The summed E-state index contributed by atoms with van der Waals surface area (Å²) < 4.78 is 11.0. The summed E-state index contributed by atoms with van der Waals surface area (Å²) in [5, 5.41) is 0. The number of esters is 1. The molecule has 19 heavy (non-hydrogen) atoms. The van der Waals surface area contributed by atoms with Crippen molar-refractivity contribution in [1.82, 2.24) is 0 Å². The molecule has 0 aromatic rings. The van der Waals surface area contributed by atoms with Crippen molar-refractivity contribution in [2.24, 2.45) is 23.7 Å². The summed E-state index contributed by atoms with van der Waals surface area (Å²) in [5.41, 5.74) is 0.444. The Hall–Kier alpha value is -1.09. The largest absolute Gasteiger partial charge is 0.460 e. The summed E-state index contributed by atoms with van der Waals surface area (Å²) >= 11 is 0. The molecule has 5 atom stereocenters. The van der Waals surface area contributed by atoms with Gasteiger partial charge in [0, 0.05) is 5.57 Å². The third-order valence-corrected chi connectivity index (χ3v) is 4.90. The van der Waals surface area contributed by atoms with Crippen LogP contribution in [0.5, 0.6) is 0 Å². The molecule has 0 aromatic heterocycles. The Morgan fingerprint density at radius 3 is 2.84 bits per heavy atom. The molecule has 3 heteroatoms. The van der Waals surface area contributed by atoms with Crippen LogP contribution in [0.3, 0.4) is 0 Å². The van der Waals surface area contributed by atoms with Gasteiger partial charge in [0.15, 0.2) is 0 Å². The van der Waals surface area contributed by atoms with Gasteiger partial charge in [0.25, 0.3) is 0 Å². The standard InChI is InChI=1S/C16H22O3/c1-10(2)16(17)19-8-7-18-14-6-5-13-11-3-4-12(9-11)15(13)14/h3-4,11-15H,1,5-9H2,2H3. The fourth-order valence-electron chi connectivity index (χ4n) is 4.12. The van der Waals surface area contributed by atoms with E-state index in [4.69, 9.17) is 9.47 Å². The van der Waals surface area contributed by atoms with E-state index in [9.17, 15) is 4.79 Å². The first-order valence-electron chi connectivity index (χ1n) is 7.29. The monoisotopic (exact) mass is 262 g/mol. The van der Waals surface area contributed by atoms with E-state index in [1.807, 2.05) is 0 Å². The van der Waals surface area contributed by atoms with E-state index < -0.39 is 0 Å². The normalized spacial score (nSPS) is 38.5. The van der Waals surface area contributed by atoms with Crippen molar-refractivity contribution in [1.29, 1.82) is 0 Å². The van der Waals surface area contributed by atoms with Crippen molar-refractivity contribution in [2.45, 2.75) is 32.3 Å². The van der Waals surface area contributed by atoms with Gasteiger partial charge in [-0.2, -0.15) is 0 Å². The number of hydrogen-bond donors (Lipinski definition) is 0. The second kappa shape index (κ2) is 5.12. The zero-order valence-electron chi connectivity index (χ0n) is 11.5. The Bertz CT molecular complexity index is 412. The van der Waals surface area contributed by atoms with Gasteiger partial charge in [-0.15, -0.1) is 0 Å². The molecule has 3 aliphatic carbocycles. The Balaban J connectivity index is 1.43. The van der Waals surface area contributed by atoms with E-state index >= 15 is 0 Å². The maximum absolute atomic E-state index is 11.2. The molecule has 0 spiro atoms. The number of rotatable bonds is 5. The molecule has 2 fully saturated rings. The van der Waals surface area contributed by atoms with Gasteiger partial charge >= 0.3 is 5.97 Å². The van der Waals surface area contributed by atoms with E-state index in [-0.39, 0.29) is 5.97 Å². The molecule has 3 nitrogen and oxygen atoms in total. The van der Waals surface area contributed by atoms with Crippen molar-refractivity contribution in [2.75, 3.05) is 13.2 Å². The summed E-state index contributed by atoms with van der Waals surface area (Å²) in [4.78, 5) is 11.2. The summed E-state index contributed by atoms with van der Waals surface area (Å²) in [7, 11) is 0. The van der Waals surface area contributed by atoms with Crippen LogP contribution in [0.25, 0.3) is 0 Å². The smallest absolute Gasteiger partial charge is 0.333 e. The third-order valence-electron chi connectivity index (χ3n) is 4.90. The first-order valence-corrected chi connectivity index (χ1v) is 7.29. The van der Waals surface area contributed by atoms with Crippen molar-refractivity contribution < 1.29 is 14.3 Å². The molecule has 5 unspecified atom stereocenters. The van der Waals surface area contributed by atoms with Crippen LogP contribution in [0, 0.1) is 23.7 Å². The van der Waals surface area contributed by atoms with Crippen molar-refractivity contribution in [3.8, 4) is 0 Å². The second-order valence-corrected chi connectivity index (χ2v) is 6.09. The zero-order chi connectivity index (χ0) is 13.4. The van der Waals surface area contributed by atoms with Crippen LogP contribution < -0.4 is 0 Å². The molecule has 3 rings (SSSR count). The lowest BCUT2D eigenvalue weighted by atomic mass is 9.85. The highest BCUT2D eigenvalue weighted by molar-refractivity contribution is 5.86. The number of carbonyl (C=O) groups excluding carboxylic acids is 1. The van der Waals surface area contributed by atoms with Crippen LogP contribution >= 0.6 is 0 Å². The average Bonchev–Trinajstić information content (AvgIpc) is 3.06. The summed E-state index contributed by atoms with van der Waals surface area (Å²) in [6.07, 6.45) is 8.95. The zero-order valence-corrected chi connectivity index (χ0v) is 11.5.